The van der Waals surface area contributed by atoms with Gasteiger partial charge in [0.25, 0.3) is 0 Å². The van der Waals surface area contributed by atoms with Gasteiger partial charge in [0.2, 0.25) is 10.0 Å². The van der Waals surface area contributed by atoms with Crippen molar-refractivity contribution in [2.75, 3.05) is 6.54 Å². The lowest BCUT2D eigenvalue weighted by Crippen LogP contribution is -2.39. The average molecular weight is 353 g/mol. The van der Waals surface area contributed by atoms with Crippen LogP contribution in [0, 0.1) is 12.8 Å². The first-order chi connectivity index (χ1) is 8.44. The van der Waals surface area contributed by atoms with Crippen molar-refractivity contribution in [3.8, 4) is 0 Å². The molecular formula is C11H17BrN2O2S2. The summed E-state index contributed by atoms with van der Waals surface area (Å²) in [7, 11) is -3.41. The molecule has 18 heavy (non-hydrogen) atoms. The molecule has 0 amide bonds. The monoisotopic (exact) mass is 352 g/mol. The summed E-state index contributed by atoms with van der Waals surface area (Å²) in [4.78, 5) is 0. The molecule has 0 bridgehead atoms. The molecule has 3 N–H and O–H groups in total. The highest BCUT2D eigenvalue weighted by Crippen LogP contribution is 2.32. The zero-order valence-corrected chi connectivity index (χ0v) is 13.4. The molecule has 1 saturated carbocycles. The van der Waals surface area contributed by atoms with Crippen molar-refractivity contribution in [1.29, 1.82) is 0 Å². The highest BCUT2D eigenvalue weighted by atomic mass is 79.9. The molecule has 2 rings (SSSR count). The van der Waals surface area contributed by atoms with Gasteiger partial charge < -0.3 is 5.73 Å². The molecule has 1 aromatic rings. The highest BCUT2D eigenvalue weighted by Gasteiger charge is 2.31. The Balaban J connectivity index is 2.17. The van der Waals surface area contributed by atoms with E-state index in [4.69, 9.17) is 5.73 Å². The Morgan fingerprint density at radius 2 is 2.28 bits per heavy atom. The molecule has 0 saturated heterocycles. The van der Waals surface area contributed by atoms with E-state index < -0.39 is 10.0 Å². The second-order valence-corrected chi connectivity index (χ2v) is 8.99. The molecule has 102 valence electrons. The predicted octanol–water partition coefficient (Wildman–Crippen LogP) is 2.22. The minimum Gasteiger partial charge on any atom is -0.330 e. The van der Waals surface area contributed by atoms with Gasteiger partial charge in [-0.15, -0.1) is 11.3 Å². The molecule has 1 heterocycles. The first kappa shape index (κ1) is 14.5. The van der Waals surface area contributed by atoms with Crippen LogP contribution in [0.25, 0.3) is 0 Å². The number of rotatable bonds is 4. The zero-order valence-electron chi connectivity index (χ0n) is 10.1. The van der Waals surface area contributed by atoms with Gasteiger partial charge in [0, 0.05) is 6.04 Å². The number of sulfonamides is 1. The summed E-state index contributed by atoms with van der Waals surface area (Å²) in [5, 5.41) is 0. The van der Waals surface area contributed by atoms with Crippen molar-refractivity contribution >= 4 is 37.3 Å². The van der Waals surface area contributed by atoms with Gasteiger partial charge in [-0.05, 0) is 59.8 Å². The molecule has 0 radical (unpaired) electrons. The van der Waals surface area contributed by atoms with E-state index in [-0.39, 0.29) is 12.0 Å². The minimum absolute atomic E-state index is 0.0128. The van der Waals surface area contributed by atoms with E-state index in [0.29, 0.717) is 10.8 Å². The van der Waals surface area contributed by atoms with E-state index in [1.807, 2.05) is 6.92 Å². The average Bonchev–Trinajstić information content (AvgIpc) is 2.86. The van der Waals surface area contributed by atoms with E-state index in [1.54, 1.807) is 6.07 Å². The number of aryl methyl sites for hydroxylation is 1. The van der Waals surface area contributed by atoms with Crippen LogP contribution in [0.4, 0.5) is 0 Å². The van der Waals surface area contributed by atoms with Crippen molar-refractivity contribution in [3.05, 3.63) is 15.4 Å². The van der Waals surface area contributed by atoms with Crippen LogP contribution < -0.4 is 10.5 Å². The maximum absolute atomic E-state index is 12.3. The van der Waals surface area contributed by atoms with Gasteiger partial charge in [0.1, 0.15) is 4.21 Å². The molecule has 2 unspecified atom stereocenters. The first-order valence-electron chi connectivity index (χ1n) is 5.92. The van der Waals surface area contributed by atoms with Gasteiger partial charge in [-0.2, -0.15) is 0 Å². The predicted molar refractivity (Wildman–Crippen MR) is 77.3 cm³/mol. The van der Waals surface area contributed by atoms with Crippen LogP contribution in [-0.4, -0.2) is 21.0 Å². The van der Waals surface area contributed by atoms with Crippen LogP contribution in [0.3, 0.4) is 0 Å². The number of nitrogens with two attached hydrogens (primary N) is 1. The Labute approximate surface area is 120 Å². The molecule has 1 aromatic heterocycles. The largest absolute Gasteiger partial charge is 0.330 e. The Bertz CT molecular complexity index is 508. The number of halogens is 1. The Morgan fingerprint density at radius 3 is 2.83 bits per heavy atom. The van der Waals surface area contributed by atoms with Crippen LogP contribution in [0.5, 0.6) is 0 Å². The Kier molecular flexibility index (Phi) is 4.48. The molecule has 0 aromatic carbocycles. The van der Waals surface area contributed by atoms with E-state index in [2.05, 4.69) is 20.7 Å². The van der Waals surface area contributed by atoms with Gasteiger partial charge in [0.05, 0.1) is 3.79 Å². The third-order valence-corrected chi connectivity index (χ3v) is 7.47. The second kappa shape index (κ2) is 5.58. The van der Waals surface area contributed by atoms with Gasteiger partial charge in [-0.3, -0.25) is 0 Å². The van der Waals surface area contributed by atoms with Crippen molar-refractivity contribution < 1.29 is 8.42 Å². The van der Waals surface area contributed by atoms with Gasteiger partial charge in [-0.1, -0.05) is 6.42 Å². The zero-order chi connectivity index (χ0) is 13.3. The van der Waals surface area contributed by atoms with Crippen LogP contribution >= 0.6 is 27.3 Å². The van der Waals surface area contributed by atoms with Crippen molar-refractivity contribution in [2.24, 2.45) is 11.7 Å². The fourth-order valence-corrected chi connectivity index (χ4v) is 5.88. The molecule has 7 heteroatoms. The fraction of sp³-hybridized carbons (Fsp3) is 0.636. The molecule has 4 nitrogen and oxygen atoms in total. The smallest absolute Gasteiger partial charge is 0.250 e. The Morgan fingerprint density at radius 1 is 1.56 bits per heavy atom. The highest BCUT2D eigenvalue weighted by molar-refractivity contribution is 9.11. The normalized spacial score (nSPS) is 24.6. The van der Waals surface area contributed by atoms with Crippen molar-refractivity contribution in [2.45, 2.75) is 36.4 Å². The van der Waals surface area contributed by atoms with Crippen molar-refractivity contribution in [3.63, 3.8) is 0 Å². The lowest BCUT2D eigenvalue weighted by molar-refractivity contribution is 0.453. The minimum atomic E-state index is -3.41. The summed E-state index contributed by atoms with van der Waals surface area (Å²) < 4.78 is 28.5. The third-order valence-electron chi connectivity index (χ3n) is 3.37. The van der Waals surface area contributed by atoms with E-state index in [1.165, 1.54) is 11.3 Å². The van der Waals surface area contributed by atoms with Crippen LogP contribution in [0.1, 0.15) is 24.8 Å². The number of hydrogen-bond acceptors (Lipinski definition) is 4. The van der Waals surface area contributed by atoms with Gasteiger partial charge in [0.15, 0.2) is 0 Å². The number of nitrogens with one attached hydrogen (secondary N) is 1. The molecule has 1 fully saturated rings. The van der Waals surface area contributed by atoms with Crippen LogP contribution in [0.15, 0.2) is 14.1 Å². The summed E-state index contributed by atoms with van der Waals surface area (Å²) in [6.07, 6.45) is 2.94. The van der Waals surface area contributed by atoms with E-state index in [9.17, 15) is 8.42 Å². The molecule has 1 aliphatic rings. The molecule has 0 aliphatic heterocycles. The van der Waals surface area contributed by atoms with Crippen molar-refractivity contribution in [1.82, 2.24) is 4.72 Å². The molecule has 1 aliphatic carbocycles. The maximum atomic E-state index is 12.3. The lowest BCUT2D eigenvalue weighted by Gasteiger charge is -2.18. The summed E-state index contributed by atoms with van der Waals surface area (Å²) in [6.45, 7) is 2.43. The van der Waals surface area contributed by atoms with Gasteiger partial charge in [-0.25, -0.2) is 13.1 Å². The first-order valence-corrected chi connectivity index (χ1v) is 9.01. The van der Waals surface area contributed by atoms with E-state index in [0.717, 1.165) is 28.6 Å². The number of thiophene rings is 1. The lowest BCUT2D eigenvalue weighted by atomic mass is 10.1. The quantitative estimate of drug-likeness (QED) is 0.872. The summed E-state index contributed by atoms with van der Waals surface area (Å²) in [5.41, 5.74) is 6.62. The third kappa shape index (κ3) is 2.96. The van der Waals surface area contributed by atoms with E-state index >= 15 is 0 Å². The standard InChI is InChI=1S/C11H17BrN2O2S2/c1-7-5-10(17-11(7)12)18(15,16)14-9-4-2-3-8(9)6-13/h5,8-9,14H,2-4,6,13H2,1H3. The Hall–Kier alpha value is 0.0500. The topological polar surface area (TPSA) is 72.2 Å². The maximum Gasteiger partial charge on any atom is 0.250 e. The van der Waals surface area contributed by atoms with Gasteiger partial charge >= 0.3 is 0 Å². The molecule has 2 atom stereocenters. The molecule has 0 spiro atoms. The summed E-state index contributed by atoms with van der Waals surface area (Å²) >= 11 is 4.60. The molecular weight excluding hydrogens is 336 g/mol. The van der Waals surface area contributed by atoms with Crippen LogP contribution in [-0.2, 0) is 10.0 Å². The SMILES string of the molecule is Cc1cc(S(=O)(=O)NC2CCCC2CN)sc1Br. The second-order valence-electron chi connectivity index (χ2n) is 4.68. The van der Waals surface area contributed by atoms with Crippen LogP contribution in [0.2, 0.25) is 0 Å². The number of hydrogen-bond donors (Lipinski definition) is 2. The summed E-state index contributed by atoms with van der Waals surface area (Å²) in [6, 6.07) is 1.69. The fourth-order valence-electron chi connectivity index (χ4n) is 2.30. The summed E-state index contributed by atoms with van der Waals surface area (Å²) in [5.74, 6) is 0.268.